The second-order valence-electron chi connectivity index (χ2n) is 4.54. The second kappa shape index (κ2) is 5.89. The lowest BCUT2D eigenvalue weighted by atomic mass is 10.2. The predicted molar refractivity (Wildman–Crippen MR) is 83.3 cm³/mol. The van der Waals surface area contributed by atoms with Crippen LogP contribution in [0.3, 0.4) is 0 Å². The Kier molecular flexibility index (Phi) is 3.79. The Morgan fingerprint density at radius 1 is 0.952 bits per heavy atom. The molecule has 0 radical (unpaired) electrons. The Hall–Kier alpha value is -2.46. The normalized spacial score (nSPS) is 10.5. The quantitative estimate of drug-likeness (QED) is 0.805. The van der Waals surface area contributed by atoms with Gasteiger partial charge in [-0.25, -0.2) is 9.97 Å². The van der Waals surface area contributed by atoms with Gasteiger partial charge in [-0.15, -0.1) is 0 Å². The van der Waals surface area contributed by atoms with E-state index in [0.29, 0.717) is 5.69 Å². The molecule has 0 unspecified atom stereocenters. The molecule has 3 rings (SSSR count). The molecular weight excluding hydrogens is 286 g/mol. The first-order valence-corrected chi connectivity index (χ1v) is 6.86. The average Bonchev–Trinajstić information content (AvgIpc) is 2.49. The van der Waals surface area contributed by atoms with Crippen LogP contribution in [0.5, 0.6) is 0 Å². The number of hydrogen-bond acceptors (Lipinski definition) is 3. The van der Waals surface area contributed by atoms with Crippen molar-refractivity contribution >= 4 is 34.2 Å². The number of aromatic nitrogens is 2. The van der Waals surface area contributed by atoms with E-state index in [1.165, 1.54) is 0 Å². The standard InChI is InChI=1S/C16H12ClN3O/c17-16-14(19-12-8-4-5-9-13(12)20-16)10-15(21)18-11-6-2-1-3-7-11/h1-9H,10H2,(H,18,21). The van der Waals surface area contributed by atoms with Gasteiger partial charge >= 0.3 is 0 Å². The smallest absolute Gasteiger partial charge is 0.230 e. The summed E-state index contributed by atoms with van der Waals surface area (Å²) in [5.74, 6) is -0.173. The van der Waals surface area contributed by atoms with Gasteiger partial charge in [-0.2, -0.15) is 0 Å². The van der Waals surface area contributed by atoms with E-state index in [9.17, 15) is 4.79 Å². The van der Waals surface area contributed by atoms with Gasteiger partial charge in [0.2, 0.25) is 5.91 Å². The first kappa shape index (κ1) is 13.5. The maximum Gasteiger partial charge on any atom is 0.230 e. The molecule has 0 aliphatic carbocycles. The number of anilines is 1. The highest BCUT2D eigenvalue weighted by atomic mass is 35.5. The van der Waals surface area contributed by atoms with E-state index in [-0.39, 0.29) is 17.5 Å². The monoisotopic (exact) mass is 297 g/mol. The molecule has 5 heteroatoms. The van der Waals surface area contributed by atoms with Gasteiger partial charge in [0.15, 0.2) is 5.15 Å². The van der Waals surface area contributed by atoms with Crippen molar-refractivity contribution in [2.75, 3.05) is 5.32 Å². The number of halogens is 1. The first-order chi connectivity index (χ1) is 10.2. The number of benzene rings is 2. The molecule has 1 heterocycles. The first-order valence-electron chi connectivity index (χ1n) is 6.48. The predicted octanol–water partition coefficient (Wildman–Crippen LogP) is 3.46. The van der Waals surface area contributed by atoms with E-state index in [4.69, 9.17) is 11.6 Å². The fourth-order valence-corrected chi connectivity index (χ4v) is 2.21. The zero-order valence-corrected chi connectivity index (χ0v) is 11.8. The van der Waals surface area contributed by atoms with Crippen molar-refractivity contribution in [3.8, 4) is 0 Å². The molecular formula is C16H12ClN3O. The molecule has 0 aliphatic rings. The zero-order chi connectivity index (χ0) is 14.7. The number of hydrogen-bond donors (Lipinski definition) is 1. The maximum absolute atomic E-state index is 12.0. The highest BCUT2D eigenvalue weighted by molar-refractivity contribution is 6.30. The van der Waals surface area contributed by atoms with Crippen LogP contribution in [0.4, 0.5) is 5.69 Å². The van der Waals surface area contributed by atoms with Gasteiger partial charge < -0.3 is 5.32 Å². The van der Waals surface area contributed by atoms with E-state index in [0.717, 1.165) is 16.7 Å². The third kappa shape index (κ3) is 3.17. The van der Waals surface area contributed by atoms with Crippen molar-refractivity contribution in [2.45, 2.75) is 6.42 Å². The van der Waals surface area contributed by atoms with Gasteiger partial charge in [0.1, 0.15) is 0 Å². The Labute approximate surface area is 126 Å². The van der Waals surface area contributed by atoms with Crippen molar-refractivity contribution in [2.24, 2.45) is 0 Å². The molecule has 3 aromatic rings. The summed E-state index contributed by atoms with van der Waals surface area (Å²) in [5, 5.41) is 3.06. The molecule has 2 aromatic carbocycles. The third-order valence-electron chi connectivity index (χ3n) is 2.98. The SMILES string of the molecule is O=C(Cc1nc2ccccc2nc1Cl)Nc1ccccc1. The molecule has 0 saturated carbocycles. The van der Waals surface area contributed by atoms with Gasteiger partial charge in [0, 0.05) is 5.69 Å². The lowest BCUT2D eigenvalue weighted by Crippen LogP contribution is -2.15. The highest BCUT2D eigenvalue weighted by Gasteiger charge is 2.11. The van der Waals surface area contributed by atoms with Gasteiger partial charge in [-0.05, 0) is 24.3 Å². The van der Waals surface area contributed by atoms with E-state index < -0.39 is 0 Å². The van der Waals surface area contributed by atoms with Gasteiger partial charge in [0.05, 0.1) is 23.1 Å². The minimum Gasteiger partial charge on any atom is -0.326 e. The van der Waals surface area contributed by atoms with Crippen LogP contribution in [0.25, 0.3) is 11.0 Å². The van der Waals surface area contributed by atoms with Crippen LogP contribution in [0.2, 0.25) is 5.15 Å². The minimum absolute atomic E-state index is 0.0889. The average molecular weight is 298 g/mol. The fourth-order valence-electron chi connectivity index (χ4n) is 2.01. The van der Waals surface area contributed by atoms with E-state index in [1.54, 1.807) is 0 Å². The molecule has 4 nitrogen and oxygen atoms in total. The Morgan fingerprint density at radius 3 is 2.29 bits per heavy atom. The minimum atomic E-state index is -0.173. The summed E-state index contributed by atoms with van der Waals surface area (Å²) in [6.07, 6.45) is 0.0889. The molecule has 21 heavy (non-hydrogen) atoms. The molecule has 104 valence electrons. The number of para-hydroxylation sites is 3. The topological polar surface area (TPSA) is 54.9 Å². The van der Waals surface area contributed by atoms with Crippen LogP contribution in [0.1, 0.15) is 5.69 Å². The molecule has 0 atom stereocenters. The van der Waals surface area contributed by atoms with Gasteiger partial charge in [0.25, 0.3) is 0 Å². The van der Waals surface area contributed by atoms with Crippen molar-refractivity contribution in [3.05, 3.63) is 65.4 Å². The number of fused-ring (bicyclic) bond motifs is 1. The number of carbonyl (C=O) groups is 1. The van der Waals surface area contributed by atoms with Gasteiger partial charge in [-0.1, -0.05) is 41.9 Å². The van der Waals surface area contributed by atoms with E-state index >= 15 is 0 Å². The molecule has 1 amide bonds. The summed E-state index contributed by atoms with van der Waals surface area (Å²) >= 11 is 6.10. The summed E-state index contributed by atoms with van der Waals surface area (Å²) in [4.78, 5) is 20.7. The van der Waals surface area contributed by atoms with Gasteiger partial charge in [-0.3, -0.25) is 4.79 Å². The lowest BCUT2D eigenvalue weighted by Gasteiger charge is -2.06. The Morgan fingerprint density at radius 2 is 1.57 bits per heavy atom. The molecule has 0 saturated heterocycles. The summed E-state index contributed by atoms with van der Waals surface area (Å²) in [5.41, 5.74) is 2.66. The Balaban J connectivity index is 1.81. The van der Waals surface area contributed by atoms with Crippen LogP contribution in [-0.2, 0) is 11.2 Å². The van der Waals surface area contributed by atoms with Crippen LogP contribution in [-0.4, -0.2) is 15.9 Å². The fraction of sp³-hybridized carbons (Fsp3) is 0.0625. The maximum atomic E-state index is 12.0. The largest absolute Gasteiger partial charge is 0.326 e. The number of amides is 1. The van der Waals surface area contributed by atoms with Crippen LogP contribution >= 0.6 is 11.6 Å². The molecule has 0 fully saturated rings. The van der Waals surface area contributed by atoms with E-state index in [1.807, 2.05) is 54.6 Å². The molecule has 0 bridgehead atoms. The highest BCUT2D eigenvalue weighted by Crippen LogP contribution is 2.17. The van der Waals surface area contributed by atoms with E-state index in [2.05, 4.69) is 15.3 Å². The van der Waals surface area contributed by atoms with Crippen LogP contribution < -0.4 is 5.32 Å². The number of nitrogens with zero attached hydrogens (tertiary/aromatic N) is 2. The summed E-state index contributed by atoms with van der Waals surface area (Å²) in [6.45, 7) is 0. The molecule has 1 aromatic heterocycles. The van der Waals surface area contributed by atoms with Crippen molar-refractivity contribution < 1.29 is 4.79 Å². The number of nitrogens with one attached hydrogen (secondary N) is 1. The zero-order valence-electron chi connectivity index (χ0n) is 11.1. The molecule has 0 aliphatic heterocycles. The summed E-state index contributed by atoms with van der Waals surface area (Å²) in [6, 6.07) is 16.7. The second-order valence-corrected chi connectivity index (χ2v) is 4.90. The van der Waals surface area contributed by atoms with Crippen LogP contribution in [0, 0.1) is 0 Å². The Bertz CT molecular complexity index is 790. The lowest BCUT2D eigenvalue weighted by molar-refractivity contribution is -0.115. The molecule has 0 spiro atoms. The van der Waals surface area contributed by atoms with Crippen molar-refractivity contribution in [1.82, 2.24) is 9.97 Å². The summed E-state index contributed by atoms with van der Waals surface area (Å²) < 4.78 is 0. The van der Waals surface area contributed by atoms with Crippen LogP contribution in [0.15, 0.2) is 54.6 Å². The van der Waals surface area contributed by atoms with Crippen molar-refractivity contribution in [3.63, 3.8) is 0 Å². The number of rotatable bonds is 3. The number of carbonyl (C=O) groups excluding carboxylic acids is 1. The molecule has 1 N–H and O–H groups in total. The van der Waals surface area contributed by atoms with Crippen molar-refractivity contribution in [1.29, 1.82) is 0 Å². The summed E-state index contributed by atoms with van der Waals surface area (Å²) in [7, 11) is 0. The third-order valence-corrected chi connectivity index (χ3v) is 3.28.